The summed E-state index contributed by atoms with van der Waals surface area (Å²) in [6.07, 6.45) is 1.19. The number of aromatic amines is 1. The first-order valence-electron chi connectivity index (χ1n) is 10.5. The minimum absolute atomic E-state index is 0.0354. The van der Waals surface area contributed by atoms with Crippen molar-refractivity contribution >= 4 is 17.5 Å². The quantitative estimate of drug-likeness (QED) is 0.452. The van der Waals surface area contributed by atoms with Crippen molar-refractivity contribution in [2.75, 3.05) is 0 Å². The standard InChI is InChI=1S/C26H22ClN3O3/c27-23-14-8-7-13-21(23)18-30-25(32)22(15-28-26(30)33)24(31)29(16-19-9-3-1-4-10-19)17-20-11-5-2-6-12-20/h1-15H,16-18H2,(H,28,33). The van der Waals surface area contributed by atoms with Gasteiger partial charge >= 0.3 is 5.69 Å². The molecule has 33 heavy (non-hydrogen) atoms. The van der Waals surface area contributed by atoms with Crippen LogP contribution in [-0.2, 0) is 19.6 Å². The number of rotatable bonds is 7. The smallest absolute Gasteiger partial charge is 0.328 e. The van der Waals surface area contributed by atoms with E-state index in [4.69, 9.17) is 11.6 Å². The van der Waals surface area contributed by atoms with E-state index in [-0.39, 0.29) is 12.1 Å². The lowest BCUT2D eigenvalue weighted by molar-refractivity contribution is 0.0727. The number of benzene rings is 3. The predicted molar refractivity (Wildman–Crippen MR) is 128 cm³/mol. The molecule has 1 amide bonds. The van der Waals surface area contributed by atoms with Crippen molar-refractivity contribution in [2.24, 2.45) is 0 Å². The van der Waals surface area contributed by atoms with Crippen LogP contribution in [0.3, 0.4) is 0 Å². The van der Waals surface area contributed by atoms with Crippen LogP contribution in [0.2, 0.25) is 5.02 Å². The van der Waals surface area contributed by atoms with Gasteiger partial charge in [-0.3, -0.25) is 14.2 Å². The average Bonchev–Trinajstić information content (AvgIpc) is 2.83. The summed E-state index contributed by atoms with van der Waals surface area (Å²) in [6.45, 7) is 0.599. The Morgan fingerprint density at radius 1 is 0.818 bits per heavy atom. The first-order chi connectivity index (χ1) is 16.0. The second kappa shape index (κ2) is 10.1. The van der Waals surface area contributed by atoms with Gasteiger partial charge in [-0.1, -0.05) is 90.5 Å². The van der Waals surface area contributed by atoms with Gasteiger partial charge in [0.1, 0.15) is 5.56 Å². The molecule has 4 aromatic rings. The molecule has 1 N–H and O–H groups in total. The van der Waals surface area contributed by atoms with Crippen molar-refractivity contribution in [3.8, 4) is 0 Å². The molecule has 0 aliphatic heterocycles. The molecule has 6 nitrogen and oxygen atoms in total. The summed E-state index contributed by atoms with van der Waals surface area (Å²) in [6, 6.07) is 26.1. The van der Waals surface area contributed by atoms with Crippen LogP contribution in [0.1, 0.15) is 27.0 Å². The Morgan fingerprint density at radius 2 is 1.36 bits per heavy atom. The van der Waals surface area contributed by atoms with E-state index in [0.29, 0.717) is 23.7 Å². The molecule has 0 bridgehead atoms. The zero-order valence-electron chi connectivity index (χ0n) is 17.8. The van der Waals surface area contributed by atoms with Crippen LogP contribution >= 0.6 is 11.6 Å². The maximum Gasteiger partial charge on any atom is 0.328 e. The number of carbonyl (C=O) groups excluding carboxylic acids is 1. The maximum absolute atomic E-state index is 13.5. The Morgan fingerprint density at radius 3 is 1.94 bits per heavy atom. The van der Waals surface area contributed by atoms with E-state index in [1.54, 1.807) is 29.2 Å². The molecule has 0 radical (unpaired) electrons. The third-order valence-electron chi connectivity index (χ3n) is 5.30. The number of H-pyrrole nitrogens is 1. The molecule has 0 aliphatic rings. The highest BCUT2D eigenvalue weighted by molar-refractivity contribution is 6.31. The molecule has 1 aromatic heterocycles. The monoisotopic (exact) mass is 459 g/mol. The van der Waals surface area contributed by atoms with E-state index in [9.17, 15) is 14.4 Å². The second-order valence-electron chi connectivity index (χ2n) is 7.62. The molecule has 0 aliphatic carbocycles. The zero-order valence-corrected chi connectivity index (χ0v) is 18.5. The van der Waals surface area contributed by atoms with Crippen LogP contribution < -0.4 is 11.2 Å². The zero-order chi connectivity index (χ0) is 23.2. The largest absolute Gasteiger partial charge is 0.330 e. The molecular formula is C26H22ClN3O3. The Labute approximate surface area is 195 Å². The molecule has 3 aromatic carbocycles. The van der Waals surface area contributed by atoms with Gasteiger partial charge in [0.2, 0.25) is 0 Å². The van der Waals surface area contributed by atoms with E-state index in [1.165, 1.54) is 6.20 Å². The van der Waals surface area contributed by atoms with Crippen molar-refractivity contribution in [1.82, 2.24) is 14.5 Å². The van der Waals surface area contributed by atoms with Crippen molar-refractivity contribution in [3.05, 3.63) is 139 Å². The fourth-order valence-electron chi connectivity index (χ4n) is 3.58. The maximum atomic E-state index is 13.5. The molecule has 4 rings (SSSR count). The van der Waals surface area contributed by atoms with E-state index >= 15 is 0 Å². The van der Waals surface area contributed by atoms with E-state index < -0.39 is 17.2 Å². The minimum atomic E-state index is -0.658. The fourth-order valence-corrected chi connectivity index (χ4v) is 3.78. The van der Waals surface area contributed by atoms with E-state index in [0.717, 1.165) is 15.7 Å². The summed E-state index contributed by atoms with van der Waals surface area (Å²) in [5, 5.41) is 0.440. The molecule has 0 spiro atoms. The summed E-state index contributed by atoms with van der Waals surface area (Å²) in [5.74, 6) is -0.461. The molecule has 7 heteroatoms. The molecule has 0 saturated heterocycles. The van der Waals surface area contributed by atoms with Crippen molar-refractivity contribution < 1.29 is 4.79 Å². The third-order valence-corrected chi connectivity index (χ3v) is 5.67. The topological polar surface area (TPSA) is 75.2 Å². The second-order valence-corrected chi connectivity index (χ2v) is 8.03. The van der Waals surface area contributed by atoms with Crippen LogP contribution in [0.15, 0.2) is 101 Å². The van der Waals surface area contributed by atoms with E-state index in [1.807, 2.05) is 60.7 Å². The highest BCUT2D eigenvalue weighted by Gasteiger charge is 2.22. The summed E-state index contributed by atoms with van der Waals surface area (Å²) in [5.41, 5.74) is 1.12. The number of hydrogen-bond donors (Lipinski definition) is 1. The van der Waals surface area contributed by atoms with Gasteiger partial charge in [-0.15, -0.1) is 0 Å². The highest BCUT2D eigenvalue weighted by Crippen LogP contribution is 2.16. The predicted octanol–water partition coefficient (Wildman–Crippen LogP) is 4.08. The number of amides is 1. The first kappa shape index (κ1) is 22.3. The molecule has 1 heterocycles. The lowest BCUT2D eigenvalue weighted by atomic mass is 10.1. The lowest BCUT2D eigenvalue weighted by Crippen LogP contribution is -2.42. The van der Waals surface area contributed by atoms with Gasteiger partial charge in [-0.25, -0.2) is 4.79 Å². The number of hydrogen-bond acceptors (Lipinski definition) is 3. The molecule has 0 fully saturated rings. The SMILES string of the molecule is O=C(c1c[nH]c(=O)n(Cc2ccccc2Cl)c1=O)N(Cc1ccccc1)Cc1ccccc1. The summed E-state index contributed by atoms with van der Waals surface area (Å²) < 4.78 is 0.998. The Hall–Kier alpha value is -3.90. The van der Waals surface area contributed by atoms with Gasteiger partial charge in [0, 0.05) is 24.3 Å². The van der Waals surface area contributed by atoms with Gasteiger partial charge in [-0.05, 0) is 22.8 Å². The summed E-state index contributed by atoms with van der Waals surface area (Å²) in [7, 11) is 0. The average molecular weight is 460 g/mol. The molecular weight excluding hydrogens is 438 g/mol. The molecule has 0 unspecified atom stereocenters. The number of carbonyl (C=O) groups is 1. The Bertz CT molecular complexity index is 1320. The van der Waals surface area contributed by atoms with E-state index in [2.05, 4.69) is 4.98 Å². The van der Waals surface area contributed by atoms with Gasteiger partial charge in [-0.2, -0.15) is 0 Å². The molecule has 166 valence electrons. The number of nitrogens with zero attached hydrogens (tertiary/aromatic N) is 2. The normalized spacial score (nSPS) is 10.7. The van der Waals surface area contributed by atoms with Gasteiger partial charge < -0.3 is 9.88 Å². The van der Waals surface area contributed by atoms with Crippen LogP contribution in [0.5, 0.6) is 0 Å². The Kier molecular flexibility index (Phi) is 6.86. The van der Waals surface area contributed by atoms with Crippen molar-refractivity contribution in [2.45, 2.75) is 19.6 Å². The number of aromatic nitrogens is 2. The minimum Gasteiger partial charge on any atom is -0.330 e. The highest BCUT2D eigenvalue weighted by atomic mass is 35.5. The summed E-state index contributed by atoms with van der Waals surface area (Å²) in [4.78, 5) is 43.3. The van der Waals surface area contributed by atoms with Crippen molar-refractivity contribution in [3.63, 3.8) is 0 Å². The third kappa shape index (κ3) is 5.30. The number of nitrogens with one attached hydrogen (secondary N) is 1. The fraction of sp³-hybridized carbons (Fsp3) is 0.115. The molecule has 0 atom stereocenters. The van der Waals surface area contributed by atoms with Crippen LogP contribution in [0.25, 0.3) is 0 Å². The van der Waals surface area contributed by atoms with Crippen LogP contribution in [0, 0.1) is 0 Å². The number of halogens is 1. The molecule has 0 saturated carbocycles. The van der Waals surface area contributed by atoms with Gasteiger partial charge in [0.15, 0.2) is 0 Å². The van der Waals surface area contributed by atoms with Gasteiger partial charge in [0.05, 0.1) is 6.54 Å². The van der Waals surface area contributed by atoms with Crippen molar-refractivity contribution in [1.29, 1.82) is 0 Å². The first-order valence-corrected chi connectivity index (χ1v) is 10.8. The lowest BCUT2D eigenvalue weighted by Gasteiger charge is -2.23. The van der Waals surface area contributed by atoms with Gasteiger partial charge in [0.25, 0.3) is 11.5 Å². The Balaban J connectivity index is 1.70. The summed E-state index contributed by atoms with van der Waals surface area (Å²) >= 11 is 6.21. The van der Waals surface area contributed by atoms with Crippen LogP contribution in [-0.4, -0.2) is 20.4 Å². The van der Waals surface area contributed by atoms with Crippen LogP contribution in [0.4, 0.5) is 0 Å².